The van der Waals surface area contributed by atoms with E-state index in [1.165, 1.54) is 0 Å². The first kappa shape index (κ1) is 14.7. The number of piperazine rings is 1. The van der Waals surface area contributed by atoms with Crippen LogP contribution in [0, 0.1) is 11.3 Å². The van der Waals surface area contributed by atoms with Gasteiger partial charge < -0.3 is 4.90 Å². The molecule has 1 fully saturated rings. The molecule has 102 valence electrons. The summed E-state index contributed by atoms with van der Waals surface area (Å²) >= 11 is 0. The Labute approximate surface area is 102 Å². The number of nitrogens with zero attached hydrogens (tertiary/aromatic N) is 3. The van der Waals surface area contributed by atoms with Gasteiger partial charge in [0.2, 0.25) is 0 Å². The van der Waals surface area contributed by atoms with Crippen LogP contribution in [-0.4, -0.2) is 60.3 Å². The van der Waals surface area contributed by atoms with Crippen molar-refractivity contribution in [2.75, 3.05) is 26.2 Å². The highest BCUT2D eigenvalue weighted by atomic mass is 19.3. The standard InChI is InChI=1S/C10H13F4N3O/c1-7(6-15)16-2-4-17(5-3-16)9(18)10(13,14)8(11)12/h7-8H,2-5H2,1H3. The third kappa shape index (κ3) is 2.90. The quantitative estimate of drug-likeness (QED) is 0.715. The van der Waals surface area contributed by atoms with Gasteiger partial charge in [0, 0.05) is 26.2 Å². The summed E-state index contributed by atoms with van der Waals surface area (Å²) in [6.07, 6.45) is -4.00. The Hall–Kier alpha value is -1.36. The summed E-state index contributed by atoms with van der Waals surface area (Å²) in [5.74, 6) is -6.48. The molecule has 0 spiro atoms. The largest absolute Gasteiger partial charge is 0.383 e. The van der Waals surface area contributed by atoms with Crippen molar-refractivity contribution < 1.29 is 22.4 Å². The Morgan fingerprint density at radius 3 is 2.17 bits per heavy atom. The zero-order chi connectivity index (χ0) is 13.9. The van der Waals surface area contributed by atoms with E-state index in [2.05, 4.69) is 0 Å². The number of hydrogen-bond acceptors (Lipinski definition) is 3. The number of amides is 1. The van der Waals surface area contributed by atoms with Gasteiger partial charge in [-0.25, -0.2) is 8.78 Å². The smallest absolute Gasteiger partial charge is 0.335 e. The molecule has 4 nitrogen and oxygen atoms in total. The topological polar surface area (TPSA) is 47.3 Å². The Morgan fingerprint density at radius 1 is 1.28 bits per heavy atom. The van der Waals surface area contributed by atoms with E-state index in [0.29, 0.717) is 4.90 Å². The summed E-state index contributed by atoms with van der Waals surface area (Å²) in [6.45, 7) is 1.94. The van der Waals surface area contributed by atoms with E-state index >= 15 is 0 Å². The second kappa shape index (κ2) is 5.52. The van der Waals surface area contributed by atoms with Crippen molar-refractivity contribution >= 4 is 5.91 Å². The molecule has 1 unspecified atom stereocenters. The van der Waals surface area contributed by atoms with Gasteiger partial charge in [-0.05, 0) is 6.92 Å². The average molecular weight is 267 g/mol. The van der Waals surface area contributed by atoms with Gasteiger partial charge in [-0.2, -0.15) is 14.0 Å². The van der Waals surface area contributed by atoms with Gasteiger partial charge in [0.25, 0.3) is 5.91 Å². The van der Waals surface area contributed by atoms with E-state index in [0.717, 1.165) is 0 Å². The summed E-state index contributed by atoms with van der Waals surface area (Å²) in [6, 6.07) is 1.59. The van der Waals surface area contributed by atoms with Crippen molar-refractivity contribution in [3.05, 3.63) is 0 Å². The molecule has 0 aromatic heterocycles. The summed E-state index contributed by atoms with van der Waals surface area (Å²) in [5.41, 5.74) is 0. The number of nitriles is 1. The molecule has 18 heavy (non-hydrogen) atoms. The van der Waals surface area contributed by atoms with Crippen LogP contribution in [0.25, 0.3) is 0 Å². The van der Waals surface area contributed by atoms with Gasteiger partial charge in [-0.1, -0.05) is 0 Å². The fourth-order valence-electron chi connectivity index (χ4n) is 1.70. The lowest BCUT2D eigenvalue weighted by Gasteiger charge is -2.37. The third-order valence-electron chi connectivity index (χ3n) is 2.90. The van der Waals surface area contributed by atoms with Crippen molar-refractivity contribution in [1.29, 1.82) is 5.26 Å². The summed E-state index contributed by atoms with van der Waals surface area (Å²) < 4.78 is 49.7. The van der Waals surface area contributed by atoms with Crippen molar-refractivity contribution in [1.82, 2.24) is 9.80 Å². The van der Waals surface area contributed by atoms with Gasteiger partial charge in [-0.3, -0.25) is 9.69 Å². The summed E-state index contributed by atoms with van der Waals surface area (Å²) in [7, 11) is 0. The highest BCUT2D eigenvalue weighted by Crippen LogP contribution is 2.26. The minimum atomic E-state index is -4.64. The normalized spacial score (nSPS) is 19.7. The molecule has 0 aliphatic carbocycles. The van der Waals surface area contributed by atoms with Gasteiger partial charge >= 0.3 is 12.3 Å². The number of halogens is 4. The van der Waals surface area contributed by atoms with Crippen molar-refractivity contribution in [2.45, 2.75) is 25.3 Å². The van der Waals surface area contributed by atoms with Crippen LogP contribution in [0.3, 0.4) is 0 Å². The monoisotopic (exact) mass is 267 g/mol. The molecule has 8 heteroatoms. The minimum Gasteiger partial charge on any atom is -0.335 e. The summed E-state index contributed by atoms with van der Waals surface area (Å²) in [5, 5.41) is 8.67. The van der Waals surface area contributed by atoms with E-state index in [9.17, 15) is 22.4 Å². The van der Waals surface area contributed by atoms with E-state index in [1.807, 2.05) is 6.07 Å². The number of alkyl halides is 4. The van der Waals surface area contributed by atoms with E-state index in [1.54, 1.807) is 11.8 Å². The molecule has 0 N–H and O–H groups in total. The Balaban J connectivity index is 2.59. The number of carbonyl (C=O) groups is 1. The van der Waals surface area contributed by atoms with Crippen LogP contribution in [0.2, 0.25) is 0 Å². The van der Waals surface area contributed by atoms with Crippen molar-refractivity contribution in [2.24, 2.45) is 0 Å². The molecule has 1 saturated heterocycles. The van der Waals surface area contributed by atoms with Gasteiger partial charge in [0.15, 0.2) is 0 Å². The molecule has 1 atom stereocenters. The molecular formula is C10H13F4N3O. The molecule has 1 aliphatic rings. The second-order valence-electron chi connectivity index (χ2n) is 4.06. The Bertz CT molecular complexity index is 348. The highest BCUT2D eigenvalue weighted by molar-refractivity contribution is 5.84. The lowest BCUT2D eigenvalue weighted by molar-refractivity contribution is -0.182. The molecule has 1 amide bonds. The van der Waals surface area contributed by atoms with Crippen molar-refractivity contribution in [3.63, 3.8) is 0 Å². The number of carbonyl (C=O) groups excluding carboxylic acids is 1. The third-order valence-corrected chi connectivity index (χ3v) is 2.90. The van der Waals surface area contributed by atoms with Crippen molar-refractivity contribution in [3.8, 4) is 6.07 Å². The zero-order valence-corrected chi connectivity index (χ0v) is 9.74. The van der Waals surface area contributed by atoms with Crippen LogP contribution < -0.4 is 0 Å². The van der Waals surface area contributed by atoms with Crippen LogP contribution in [0.15, 0.2) is 0 Å². The van der Waals surface area contributed by atoms with Gasteiger partial charge in [-0.15, -0.1) is 0 Å². The van der Waals surface area contributed by atoms with E-state index in [4.69, 9.17) is 5.26 Å². The number of rotatable bonds is 3. The maximum atomic E-state index is 12.8. The molecule has 0 aromatic rings. The van der Waals surface area contributed by atoms with E-state index in [-0.39, 0.29) is 26.2 Å². The number of hydrogen-bond donors (Lipinski definition) is 0. The highest BCUT2D eigenvalue weighted by Gasteiger charge is 2.51. The lowest BCUT2D eigenvalue weighted by atomic mass is 10.2. The average Bonchev–Trinajstić information content (AvgIpc) is 2.36. The molecule has 1 aliphatic heterocycles. The summed E-state index contributed by atoms with van der Waals surface area (Å²) in [4.78, 5) is 13.6. The second-order valence-corrected chi connectivity index (χ2v) is 4.06. The predicted octanol–water partition coefficient (Wildman–Crippen LogP) is 0.943. The van der Waals surface area contributed by atoms with Crippen LogP contribution in [0.1, 0.15) is 6.92 Å². The molecule has 0 saturated carbocycles. The SMILES string of the molecule is CC(C#N)N1CCN(C(=O)C(F)(F)C(F)F)CC1. The molecule has 0 bridgehead atoms. The van der Waals surface area contributed by atoms with E-state index < -0.39 is 24.3 Å². The minimum absolute atomic E-state index is 0.0762. The zero-order valence-electron chi connectivity index (χ0n) is 9.74. The first-order valence-corrected chi connectivity index (χ1v) is 5.39. The molecule has 1 rings (SSSR count). The van der Waals surface area contributed by atoms with Crippen LogP contribution in [0.5, 0.6) is 0 Å². The fourth-order valence-corrected chi connectivity index (χ4v) is 1.70. The fraction of sp³-hybridized carbons (Fsp3) is 0.800. The molecule has 0 aromatic carbocycles. The Morgan fingerprint density at radius 2 is 1.78 bits per heavy atom. The van der Waals surface area contributed by atoms with Crippen LogP contribution in [-0.2, 0) is 4.79 Å². The van der Waals surface area contributed by atoms with Gasteiger partial charge in [0.05, 0.1) is 12.1 Å². The maximum Gasteiger partial charge on any atom is 0.383 e. The molecular weight excluding hydrogens is 254 g/mol. The lowest BCUT2D eigenvalue weighted by Crippen LogP contribution is -2.56. The first-order valence-electron chi connectivity index (χ1n) is 5.39. The Kier molecular flexibility index (Phi) is 4.51. The van der Waals surface area contributed by atoms with Crippen LogP contribution >= 0.6 is 0 Å². The molecule has 1 heterocycles. The van der Waals surface area contributed by atoms with Crippen LogP contribution in [0.4, 0.5) is 17.6 Å². The maximum absolute atomic E-state index is 12.8. The predicted molar refractivity (Wildman–Crippen MR) is 54.2 cm³/mol. The van der Waals surface area contributed by atoms with Gasteiger partial charge in [0.1, 0.15) is 0 Å². The molecule has 0 radical (unpaired) electrons. The first-order chi connectivity index (χ1) is 8.30.